The Labute approximate surface area is 99.5 Å². The molecule has 0 amide bonds. The molecule has 1 rings (SSSR count). The lowest BCUT2D eigenvalue weighted by molar-refractivity contribution is 0.389. The summed E-state index contributed by atoms with van der Waals surface area (Å²) < 4.78 is 0. The van der Waals surface area contributed by atoms with Crippen LogP contribution < -0.4 is 10.6 Å². The second-order valence-electron chi connectivity index (χ2n) is 4.33. The predicted octanol–water partition coefficient (Wildman–Crippen LogP) is 2.89. The second-order valence-corrected chi connectivity index (χ2v) is 4.33. The molecule has 0 aliphatic carbocycles. The van der Waals surface area contributed by atoms with Crippen molar-refractivity contribution in [2.24, 2.45) is 11.7 Å². The summed E-state index contributed by atoms with van der Waals surface area (Å²) in [5.41, 5.74) is 7.18. The van der Waals surface area contributed by atoms with Crippen LogP contribution in [-0.2, 0) is 0 Å². The molecule has 0 bridgehead atoms. The van der Waals surface area contributed by atoms with Crippen LogP contribution in [0.5, 0.6) is 0 Å². The topological polar surface area (TPSA) is 29.3 Å². The maximum Gasteiger partial charge on any atom is 0.0437 e. The molecule has 0 saturated carbocycles. The van der Waals surface area contributed by atoms with E-state index in [0.717, 1.165) is 6.54 Å². The molecule has 90 valence electrons. The average Bonchev–Trinajstić information content (AvgIpc) is 2.36. The largest absolute Gasteiger partial charge is 0.370 e. The zero-order valence-corrected chi connectivity index (χ0v) is 10.7. The van der Waals surface area contributed by atoms with Crippen molar-refractivity contribution >= 4 is 5.69 Å². The van der Waals surface area contributed by atoms with Gasteiger partial charge >= 0.3 is 0 Å². The van der Waals surface area contributed by atoms with Gasteiger partial charge in [-0.3, -0.25) is 0 Å². The van der Waals surface area contributed by atoms with Gasteiger partial charge in [0.2, 0.25) is 0 Å². The molecular weight excluding hydrogens is 196 g/mol. The molecule has 1 unspecified atom stereocenters. The number of likely N-dealkylation sites (N-methyl/N-ethyl adjacent to an activating group) is 1. The third kappa shape index (κ3) is 2.99. The van der Waals surface area contributed by atoms with Gasteiger partial charge in [0.25, 0.3) is 0 Å². The van der Waals surface area contributed by atoms with E-state index < -0.39 is 0 Å². The van der Waals surface area contributed by atoms with Gasteiger partial charge in [-0.15, -0.1) is 0 Å². The molecule has 0 aliphatic rings. The Bertz CT molecular complexity index is 280. The van der Waals surface area contributed by atoms with Crippen molar-refractivity contribution in [2.75, 3.05) is 18.5 Å². The van der Waals surface area contributed by atoms with Crippen LogP contribution in [0, 0.1) is 5.92 Å². The van der Waals surface area contributed by atoms with E-state index in [0.29, 0.717) is 12.0 Å². The summed E-state index contributed by atoms with van der Waals surface area (Å²) in [6, 6.07) is 10.9. The van der Waals surface area contributed by atoms with E-state index in [1.54, 1.807) is 0 Å². The maximum atomic E-state index is 5.92. The number of anilines is 1. The fraction of sp³-hybridized carbons (Fsp3) is 0.571. The second kappa shape index (κ2) is 6.54. The van der Waals surface area contributed by atoms with E-state index in [1.807, 2.05) is 6.07 Å². The Kier molecular flexibility index (Phi) is 5.33. The Balaban J connectivity index is 2.80. The molecule has 0 fully saturated rings. The highest BCUT2D eigenvalue weighted by atomic mass is 15.1. The first-order valence-electron chi connectivity index (χ1n) is 6.22. The lowest BCUT2D eigenvalue weighted by Crippen LogP contribution is -2.43. The number of hydrogen-bond acceptors (Lipinski definition) is 2. The summed E-state index contributed by atoms with van der Waals surface area (Å²) in [6.07, 6.45) is 2.38. The normalized spacial score (nSPS) is 12.8. The maximum absolute atomic E-state index is 5.92. The first-order chi connectivity index (χ1) is 7.74. The van der Waals surface area contributed by atoms with Crippen LogP contribution in [0.25, 0.3) is 0 Å². The third-order valence-electron chi connectivity index (χ3n) is 3.50. The number of para-hydroxylation sites is 1. The van der Waals surface area contributed by atoms with Crippen LogP contribution >= 0.6 is 0 Å². The van der Waals surface area contributed by atoms with Crippen LogP contribution in [0.15, 0.2) is 30.3 Å². The van der Waals surface area contributed by atoms with Crippen LogP contribution in [0.2, 0.25) is 0 Å². The van der Waals surface area contributed by atoms with Gasteiger partial charge in [0.15, 0.2) is 0 Å². The van der Waals surface area contributed by atoms with Crippen molar-refractivity contribution in [1.29, 1.82) is 0 Å². The van der Waals surface area contributed by atoms with Crippen molar-refractivity contribution in [3.63, 3.8) is 0 Å². The minimum Gasteiger partial charge on any atom is -0.370 e. The monoisotopic (exact) mass is 220 g/mol. The van der Waals surface area contributed by atoms with Gasteiger partial charge < -0.3 is 10.6 Å². The molecule has 0 radical (unpaired) electrons. The Morgan fingerprint density at radius 3 is 2.12 bits per heavy atom. The highest BCUT2D eigenvalue weighted by molar-refractivity contribution is 5.46. The Hall–Kier alpha value is -1.02. The molecule has 2 heteroatoms. The van der Waals surface area contributed by atoms with Gasteiger partial charge in [-0.25, -0.2) is 0 Å². The van der Waals surface area contributed by atoms with Crippen molar-refractivity contribution in [3.8, 4) is 0 Å². The van der Waals surface area contributed by atoms with Gasteiger partial charge in [0, 0.05) is 25.3 Å². The summed E-state index contributed by atoms with van der Waals surface area (Å²) >= 11 is 0. The van der Waals surface area contributed by atoms with Crippen molar-refractivity contribution < 1.29 is 0 Å². The smallest absolute Gasteiger partial charge is 0.0437 e. The fourth-order valence-electron chi connectivity index (χ4n) is 2.35. The van der Waals surface area contributed by atoms with E-state index in [2.05, 4.69) is 50.1 Å². The molecule has 1 aromatic carbocycles. The average molecular weight is 220 g/mol. The first kappa shape index (κ1) is 13.0. The molecule has 1 aromatic rings. The van der Waals surface area contributed by atoms with Crippen LogP contribution in [0.4, 0.5) is 5.69 Å². The number of nitrogens with two attached hydrogens (primary N) is 1. The molecule has 2 N–H and O–H groups in total. The summed E-state index contributed by atoms with van der Waals surface area (Å²) in [4.78, 5) is 2.32. The standard InChI is InChI=1S/C14H24N2/c1-4-12(5-2)14(11-15)16(3)13-9-7-6-8-10-13/h6-10,12,14H,4-5,11,15H2,1-3H3. The minimum absolute atomic E-state index is 0.442. The number of rotatable bonds is 6. The Morgan fingerprint density at radius 2 is 1.69 bits per heavy atom. The third-order valence-corrected chi connectivity index (χ3v) is 3.50. The number of benzene rings is 1. The van der Waals surface area contributed by atoms with Crippen molar-refractivity contribution in [1.82, 2.24) is 0 Å². The van der Waals surface area contributed by atoms with Crippen molar-refractivity contribution in [3.05, 3.63) is 30.3 Å². The molecular formula is C14H24N2. The van der Waals surface area contributed by atoms with Crippen molar-refractivity contribution in [2.45, 2.75) is 32.7 Å². The molecule has 2 nitrogen and oxygen atoms in total. The van der Waals surface area contributed by atoms with Gasteiger partial charge in [0.1, 0.15) is 0 Å². The molecule has 1 atom stereocenters. The minimum atomic E-state index is 0.442. The fourth-order valence-corrected chi connectivity index (χ4v) is 2.35. The zero-order chi connectivity index (χ0) is 12.0. The van der Waals surface area contributed by atoms with Crippen LogP contribution in [0.1, 0.15) is 26.7 Å². The molecule has 0 aliphatic heterocycles. The van der Waals surface area contributed by atoms with Crippen LogP contribution in [0.3, 0.4) is 0 Å². The summed E-state index contributed by atoms with van der Waals surface area (Å²) in [5, 5.41) is 0. The lowest BCUT2D eigenvalue weighted by Gasteiger charge is -2.34. The molecule has 0 heterocycles. The summed E-state index contributed by atoms with van der Waals surface area (Å²) in [7, 11) is 2.14. The number of hydrogen-bond donors (Lipinski definition) is 1. The van der Waals surface area contributed by atoms with E-state index in [9.17, 15) is 0 Å². The SMILES string of the molecule is CCC(CC)C(CN)N(C)c1ccccc1. The number of nitrogens with zero attached hydrogens (tertiary/aromatic N) is 1. The Morgan fingerprint density at radius 1 is 1.12 bits per heavy atom. The lowest BCUT2D eigenvalue weighted by atomic mass is 9.93. The first-order valence-corrected chi connectivity index (χ1v) is 6.22. The molecule has 0 saturated heterocycles. The van der Waals surface area contributed by atoms with Gasteiger partial charge in [-0.2, -0.15) is 0 Å². The summed E-state index contributed by atoms with van der Waals surface area (Å²) in [5.74, 6) is 0.676. The summed E-state index contributed by atoms with van der Waals surface area (Å²) in [6.45, 7) is 5.21. The van der Waals surface area contributed by atoms with E-state index in [1.165, 1.54) is 18.5 Å². The van der Waals surface area contributed by atoms with Gasteiger partial charge in [-0.05, 0) is 18.1 Å². The highest BCUT2D eigenvalue weighted by Gasteiger charge is 2.21. The van der Waals surface area contributed by atoms with E-state index >= 15 is 0 Å². The van der Waals surface area contributed by atoms with Crippen LogP contribution in [-0.4, -0.2) is 19.6 Å². The molecule has 0 spiro atoms. The quantitative estimate of drug-likeness (QED) is 0.798. The van der Waals surface area contributed by atoms with Gasteiger partial charge in [0.05, 0.1) is 0 Å². The van der Waals surface area contributed by atoms with E-state index in [4.69, 9.17) is 5.73 Å². The molecule has 0 aromatic heterocycles. The predicted molar refractivity (Wildman–Crippen MR) is 71.8 cm³/mol. The highest BCUT2D eigenvalue weighted by Crippen LogP contribution is 2.22. The zero-order valence-electron chi connectivity index (χ0n) is 10.7. The molecule has 16 heavy (non-hydrogen) atoms. The van der Waals surface area contributed by atoms with Gasteiger partial charge in [-0.1, -0.05) is 44.9 Å². The van der Waals surface area contributed by atoms with E-state index in [-0.39, 0.29) is 0 Å².